The zero-order valence-electron chi connectivity index (χ0n) is 27.9. The molecule has 5 heteroatoms. The summed E-state index contributed by atoms with van der Waals surface area (Å²) in [6.07, 6.45) is 0. The van der Waals surface area contributed by atoms with E-state index in [1.54, 1.807) is 0 Å². The SMILES string of the molecule is c1ccc(-c2nc(-c3ccccc3)nc(-c3cc4cc(-n5c6ccccc6c6cc7ccccc7cc65)ccc4c4c3oc3ccccc34)n2)cc1. The van der Waals surface area contributed by atoms with Gasteiger partial charge in [-0.25, -0.2) is 15.0 Å². The van der Waals surface area contributed by atoms with E-state index in [4.69, 9.17) is 19.4 Å². The van der Waals surface area contributed by atoms with Crippen LogP contribution in [-0.2, 0) is 0 Å². The third-order valence-electron chi connectivity index (χ3n) is 10.2. The van der Waals surface area contributed by atoms with Gasteiger partial charge in [0, 0.05) is 38.4 Å². The molecule has 0 aliphatic carbocycles. The average molecular weight is 665 g/mol. The molecule has 3 heterocycles. The quantitative estimate of drug-likeness (QED) is 0.188. The van der Waals surface area contributed by atoms with Gasteiger partial charge in [-0.1, -0.05) is 127 Å². The molecular weight excluding hydrogens is 637 g/mol. The topological polar surface area (TPSA) is 56.7 Å². The van der Waals surface area contributed by atoms with Gasteiger partial charge in [-0.2, -0.15) is 0 Å². The molecule has 0 atom stereocenters. The van der Waals surface area contributed by atoms with Gasteiger partial charge in [0.1, 0.15) is 11.2 Å². The van der Waals surface area contributed by atoms with Crippen molar-refractivity contribution in [1.29, 1.82) is 0 Å². The van der Waals surface area contributed by atoms with E-state index in [9.17, 15) is 0 Å². The Bertz CT molecular complexity index is 3120. The van der Waals surface area contributed by atoms with Crippen LogP contribution >= 0.6 is 0 Å². The van der Waals surface area contributed by atoms with Crippen LogP contribution in [0.25, 0.3) is 105 Å². The van der Waals surface area contributed by atoms with Crippen molar-refractivity contribution in [2.75, 3.05) is 0 Å². The van der Waals surface area contributed by atoms with Gasteiger partial charge in [-0.15, -0.1) is 0 Å². The van der Waals surface area contributed by atoms with Crippen LogP contribution in [0.15, 0.2) is 174 Å². The number of nitrogens with zero attached hydrogens (tertiary/aromatic N) is 4. The highest BCUT2D eigenvalue weighted by Crippen LogP contribution is 2.42. The molecule has 52 heavy (non-hydrogen) atoms. The van der Waals surface area contributed by atoms with Crippen molar-refractivity contribution < 1.29 is 4.42 Å². The number of hydrogen-bond acceptors (Lipinski definition) is 4. The Morgan fingerprint density at radius 2 is 1.02 bits per heavy atom. The molecule has 0 aliphatic heterocycles. The maximum atomic E-state index is 6.69. The summed E-state index contributed by atoms with van der Waals surface area (Å²) in [4.78, 5) is 15.2. The smallest absolute Gasteiger partial charge is 0.167 e. The van der Waals surface area contributed by atoms with Crippen molar-refractivity contribution in [3.8, 4) is 39.9 Å². The highest BCUT2D eigenvalue weighted by atomic mass is 16.3. The van der Waals surface area contributed by atoms with Gasteiger partial charge in [0.05, 0.1) is 16.6 Å². The first-order valence-electron chi connectivity index (χ1n) is 17.4. The minimum Gasteiger partial charge on any atom is -0.455 e. The van der Waals surface area contributed by atoms with Gasteiger partial charge in [-0.05, 0) is 64.0 Å². The maximum absolute atomic E-state index is 6.69. The average Bonchev–Trinajstić information content (AvgIpc) is 3.76. The second kappa shape index (κ2) is 11.2. The van der Waals surface area contributed by atoms with Crippen molar-refractivity contribution in [3.63, 3.8) is 0 Å². The van der Waals surface area contributed by atoms with Crippen LogP contribution in [0.2, 0.25) is 0 Å². The molecule has 0 bridgehead atoms. The van der Waals surface area contributed by atoms with E-state index in [2.05, 4.69) is 102 Å². The Balaban J connectivity index is 1.22. The lowest BCUT2D eigenvalue weighted by molar-refractivity contribution is 0.670. The van der Waals surface area contributed by atoms with Gasteiger partial charge >= 0.3 is 0 Å². The summed E-state index contributed by atoms with van der Waals surface area (Å²) in [7, 11) is 0. The second-order valence-corrected chi connectivity index (χ2v) is 13.2. The van der Waals surface area contributed by atoms with E-state index in [-0.39, 0.29) is 0 Å². The van der Waals surface area contributed by atoms with Crippen LogP contribution in [0.5, 0.6) is 0 Å². The molecule has 5 nitrogen and oxygen atoms in total. The summed E-state index contributed by atoms with van der Waals surface area (Å²) in [6, 6.07) is 59.2. The number of para-hydroxylation sites is 2. The molecular formula is C47H28N4O. The highest BCUT2D eigenvalue weighted by Gasteiger charge is 2.21. The Kier molecular flexibility index (Phi) is 6.18. The van der Waals surface area contributed by atoms with Gasteiger partial charge in [0.25, 0.3) is 0 Å². The zero-order valence-corrected chi connectivity index (χ0v) is 27.9. The summed E-state index contributed by atoms with van der Waals surface area (Å²) in [6.45, 7) is 0. The lowest BCUT2D eigenvalue weighted by Gasteiger charge is -2.12. The summed E-state index contributed by atoms with van der Waals surface area (Å²) in [5.41, 5.74) is 7.67. The van der Waals surface area contributed by atoms with Gasteiger partial charge < -0.3 is 8.98 Å². The third-order valence-corrected chi connectivity index (χ3v) is 10.2. The van der Waals surface area contributed by atoms with Crippen LogP contribution in [0.3, 0.4) is 0 Å². The molecule has 0 spiro atoms. The van der Waals surface area contributed by atoms with E-state index in [0.717, 1.165) is 55.1 Å². The summed E-state index contributed by atoms with van der Waals surface area (Å²) < 4.78 is 9.08. The lowest BCUT2D eigenvalue weighted by Crippen LogP contribution is -2.00. The van der Waals surface area contributed by atoms with E-state index in [1.807, 2.05) is 72.8 Å². The number of furan rings is 1. The summed E-state index contributed by atoms with van der Waals surface area (Å²) in [5, 5.41) is 9.20. The largest absolute Gasteiger partial charge is 0.455 e. The van der Waals surface area contributed by atoms with Crippen molar-refractivity contribution in [3.05, 3.63) is 170 Å². The zero-order chi connectivity index (χ0) is 34.2. The minimum absolute atomic E-state index is 0.562. The monoisotopic (exact) mass is 664 g/mol. The molecule has 0 N–H and O–H groups in total. The Hall–Kier alpha value is -7.11. The van der Waals surface area contributed by atoms with Crippen LogP contribution in [0.1, 0.15) is 0 Å². The standard InChI is InChI=1S/C47H28N4O/c1-3-13-29(14-4-1)45-48-46(30-15-5-2-6-16-30)50-47(49-45)39-27-33-25-34(23-24-35(33)43-37-20-10-12-22-42(37)52-44(39)43)51-40-21-11-9-19-36(40)38-26-31-17-7-8-18-32(31)28-41(38)51/h1-28H. The molecule has 0 unspecified atom stereocenters. The molecule has 8 aromatic carbocycles. The predicted molar refractivity (Wildman–Crippen MR) is 213 cm³/mol. The predicted octanol–water partition coefficient (Wildman–Crippen LogP) is 12.2. The first-order chi connectivity index (χ1) is 25.8. The highest BCUT2D eigenvalue weighted by molar-refractivity contribution is 6.22. The number of fused-ring (bicyclic) bond motifs is 9. The molecule has 11 rings (SSSR count). The first-order valence-corrected chi connectivity index (χ1v) is 17.4. The fraction of sp³-hybridized carbons (Fsp3) is 0. The van der Waals surface area contributed by atoms with Crippen LogP contribution in [-0.4, -0.2) is 19.5 Å². The molecule has 0 saturated heterocycles. The second-order valence-electron chi connectivity index (χ2n) is 13.2. The summed E-state index contributed by atoms with van der Waals surface area (Å²) >= 11 is 0. The molecule has 3 aromatic heterocycles. The number of rotatable bonds is 4. The van der Waals surface area contributed by atoms with Gasteiger partial charge in [0.15, 0.2) is 17.5 Å². The Morgan fingerprint density at radius 3 is 1.77 bits per heavy atom. The van der Waals surface area contributed by atoms with Crippen LogP contribution in [0, 0.1) is 0 Å². The normalized spacial score (nSPS) is 11.8. The summed E-state index contributed by atoms with van der Waals surface area (Å²) in [5.74, 6) is 1.78. The first kappa shape index (κ1) is 28.7. The van der Waals surface area contributed by atoms with Gasteiger partial charge in [0.2, 0.25) is 0 Å². The van der Waals surface area contributed by atoms with Crippen LogP contribution in [0.4, 0.5) is 0 Å². The lowest BCUT2D eigenvalue weighted by atomic mass is 9.99. The van der Waals surface area contributed by atoms with E-state index >= 15 is 0 Å². The van der Waals surface area contributed by atoms with Crippen LogP contribution < -0.4 is 0 Å². The molecule has 0 radical (unpaired) electrons. The fourth-order valence-corrected chi connectivity index (χ4v) is 7.79. The van der Waals surface area contributed by atoms with E-state index in [1.165, 1.54) is 32.6 Å². The fourth-order valence-electron chi connectivity index (χ4n) is 7.79. The maximum Gasteiger partial charge on any atom is 0.167 e. The third kappa shape index (κ3) is 4.39. The molecule has 0 fully saturated rings. The molecule has 0 aliphatic rings. The number of benzene rings is 8. The molecule has 0 saturated carbocycles. The molecule has 242 valence electrons. The number of hydrogen-bond donors (Lipinski definition) is 0. The minimum atomic E-state index is 0.562. The van der Waals surface area contributed by atoms with Crippen molar-refractivity contribution in [2.24, 2.45) is 0 Å². The molecule has 0 amide bonds. The van der Waals surface area contributed by atoms with Crippen molar-refractivity contribution >= 4 is 65.3 Å². The Morgan fingerprint density at radius 1 is 0.404 bits per heavy atom. The van der Waals surface area contributed by atoms with E-state index in [0.29, 0.717) is 17.5 Å². The van der Waals surface area contributed by atoms with E-state index < -0.39 is 0 Å². The molecule has 11 aromatic rings. The van der Waals surface area contributed by atoms with Crippen molar-refractivity contribution in [2.45, 2.75) is 0 Å². The number of aromatic nitrogens is 4. The Labute approximate surface area is 298 Å². The van der Waals surface area contributed by atoms with Crippen molar-refractivity contribution in [1.82, 2.24) is 19.5 Å². The van der Waals surface area contributed by atoms with Gasteiger partial charge in [-0.3, -0.25) is 0 Å².